The number of nitrogens with zero attached hydrogens (tertiary/aromatic N) is 3. The van der Waals surface area contributed by atoms with Crippen LogP contribution in [0.15, 0.2) is 48.8 Å². The molecular formula is C19H21N3O2. The maximum Gasteiger partial charge on any atom is 0.263 e. The molecule has 0 saturated heterocycles. The summed E-state index contributed by atoms with van der Waals surface area (Å²) < 4.78 is 5.89. The van der Waals surface area contributed by atoms with Crippen molar-refractivity contribution >= 4 is 5.91 Å². The van der Waals surface area contributed by atoms with Crippen LogP contribution in [0.1, 0.15) is 25.0 Å². The quantitative estimate of drug-likeness (QED) is 0.819. The average molecular weight is 323 g/mol. The summed E-state index contributed by atoms with van der Waals surface area (Å²) in [6.07, 6.45) is 2.78. The molecule has 0 saturated carbocycles. The van der Waals surface area contributed by atoms with Crippen molar-refractivity contribution in [2.75, 3.05) is 7.05 Å². The van der Waals surface area contributed by atoms with E-state index in [-0.39, 0.29) is 11.8 Å². The van der Waals surface area contributed by atoms with Crippen molar-refractivity contribution < 1.29 is 9.53 Å². The van der Waals surface area contributed by atoms with Gasteiger partial charge in [-0.25, -0.2) is 0 Å². The summed E-state index contributed by atoms with van der Waals surface area (Å²) in [7, 11) is 1.74. The Labute approximate surface area is 142 Å². The zero-order valence-corrected chi connectivity index (χ0v) is 14.1. The summed E-state index contributed by atoms with van der Waals surface area (Å²) in [5.41, 5.74) is 1.37. The Morgan fingerprint density at radius 3 is 2.67 bits per heavy atom. The highest BCUT2D eigenvalue weighted by atomic mass is 16.5. The molecule has 24 heavy (non-hydrogen) atoms. The van der Waals surface area contributed by atoms with E-state index >= 15 is 0 Å². The van der Waals surface area contributed by atoms with Gasteiger partial charge in [-0.05, 0) is 29.7 Å². The van der Waals surface area contributed by atoms with E-state index in [1.165, 1.54) is 0 Å². The number of nitriles is 1. The molecule has 5 nitrogen and oxygen atoms in total. The summed E-state index contributed by atoms with van der Waals surface area (Å²) in [6, 6.07) is 12.8. The first kappa shape index (κ1) is 17.5. The maximum atomic E-state index is 12.8. The first-order valence-electron chi connectivity index (χ1n) is 7.82. The van der Waals surface area contributed by atoms with Gasteiger partial charge in [-0.3, -0.25) is 9.78 Å². The second kappa shape index (κ2) is 8.11. The highest BCUT2D eigenvalue weighted by molar-refractivity contribution is 5.81. The number of rotatable bonds is 6. The van der Waals surface area contributed by atoms with Crippen molar-refractivity contribution in [3.05, 3.63) is 59.9 Å². The van der Waals surface area contributed by atoms with E-state index in [9.17, 15) is 10.1 Å². The number of pyridine rings is 1. The lowest BCUT2D eigenvalue weighted by atomic mass is 10.1. The van der Waals surface area contributed by atoms with E-state index in [1.54, 1.807) is 48.6 Å². The molecule has 1 amide bonds. The zero-order chi connectivity index (χ0) is 17.5. The molecule has 1 unspecified atom stereocenters. The standard InChI is InChI=1S/C19H21N3O2/c1-14(2)18(24-17-9-5-4-8-16(17)11-20)19(23)22(3)13-15-7-6-10-21-12-15/h4-10,12,14,18H,13H2,1-3H3. The molecule has 0 spiro atoms. The molecule has 0 radical (unpaired) electrons. The fourth-order valence-corrected chi connectivity index (χ4v) is 2.33. The van der Waals surface area contributed by atoms with Crippen LogP contribution in [0.4, 0.5) is 0 Å². The van der Waals surface area contributed by atoms with Gasteiger partial charge in [-0.1, -0.05) is 32.0 Å². The van der Waals surface area contributed by atoms with Gasteiger partial charge in [0, 0.05) is 26.0 Å². The van der Waals surface area contributed by atoms with Crippen LogP contribution in [0.3, 0.4) is 0 Å². The lowest BCUT2D eigenvalue weighted by molar-refractivity contribution is -0.139. The lowest BCUT2D eigenvalue weighted by Crippen LogP contribution is -2.42. The van der Waals surface area contributed by atoms with E-state index in [1.807, 2.05) is 26.0 Å². The number of carbonyl (C=O) groups is 1. The third-order valence-electron chi connectivity index (χ3n) is 3.63. The number of para-hydroxylation sites is 1. The molecule has 0 N–H and O–H groups in total. The van der Waals surface area contributed by atoms with Crippen molar-refractivity contribution in [3.63, 3.8) is 0 Å². The Morgan fingerprint density at radius 2 is 2.04 bits per heavy atom. The van der Waals surface area contributed by atoms with Crippen LogP contribution in [-0.4, -0.2) is 28.9 Å². The van der Waals surface area contributed by atoms with Gasteiger partial charge in [0.1, 0.15) is 11.8 Å². The first-order chi connectivity index (χ1) is 11.5. The summed E-state index contributed by atoms with van der Waals surface area (Å²) in [6.45, 7) is 4.31. The molecule has 1 aromatic carbocycles. The first-order valence-corrected chi connectivity index (χ1v) is 7.82. The normalized spacial score (nSPS) is 11.6. The van der Waals surface area contributed by atoms with Gasteiger partial charge < -0.3 is 9.64 Å². The number of likely N-dealkylation sites (N-methyl/N-ethyl adjacent to an activating group) is 1. The van der Waals surface area contributed by atoms with Crippen LogP contribution in [0.25, 0.3) is 0 Å². The fourth-order valence-electron chi connectivity index (χ4n) is 2.33. The fraction of sp³-hybridized carbons (Fsp3) is 0.316. The smallest absolute Gasteiger partial charge is 0.263 e. The Hall–Kier alpha value is -2.87. The van der Waals surface area contributed by atoms with Gasteiger partial charge in [-0.2, -0.15) is 5.26 Å². The van der Waals surface area contributed by atoms with Gasteiger partial charge in [0.05, 0.1) is 5.56 Å². The molecule has 0 aliphatic rings. The molecule has 0 bridgehead atoms. The number of hydrogen-bond donors (Lipinski definition) is 0. The number of amides is 1. The summed E-state index contributed by atoms with van der Waals surface area (Å²) in [4.78, 5) is 18.5. The predicted octanol–water partition coefficient (Wildman–Crippen LogP) is 3.02. The van der Waals surface area contributed by atoms with E-state index in [2.05, 4.69) is 11.1 Å². The topological polar surface area (TPSA) is 66.2 Å². The highest BCUT2D eigenvalue weighted by Crippen LogP contribution is 2.22. The lowest BCUT2D eigenvalue weighted by Gasteiger charge is -2.27. The number of aromatic nitrogens is 1. The van der Waals surface area contributed by atoms with Gasteiger partial charge in [0.25, 0.3) is 5.91 Å². The predicted molar refractivity (Wildman–Crippen MR) is 91.1 cm³/mol. The summed E-state index contributed by atoms with van der Waals surface area (Å²) in [5, 5.41) is 9.18. The van der Waals surface area contributed by atoms with Crippen LogP contribution in [0, 0.1) is 17.2 Å². The van der Waals surface area contributed by atoms with Crippen LogP contribution in [0.2, 0.25) is 0 Å². The molecule has 0 aliphatic carbocycles. The molecule has 2 rings (SSSR count). The molecule has 1 aromatic heterocycles. The van der Waals surface area contributed by atoms with Gasteiger partial charge >= 0.3 is 0 Å². The van der Waals surface area contributed by atoms with E-state index in [0.29, 0.717) is 17.9 Å². The molecular weight excluding hydrogens is 302 g/mol. The second-order valence-electron chi connectivity index (χ2n) is 5.95. The monoisotopic (exact) mass is 323 g/mol. The number of carbonyl (C=O) groups excluding carboxylic acids is 1. The highest BCUT2D eigenvalue weighted by Gasteiger charge is 2.28. The number of hydrogen-bond acceptors (Lipinski definition) is 4. The summed E-state index contributed by atoms with van der Waals surface area (Å²) in [5.74, 6) is 0.282. The van der Waals surface area contributed by atoms with Crippen LogP contribution in [0.5, 0.6) is 5.75 Å². The number of benzene rings is 1. The minimum Gasteiger partial charge on any atom is -0.479 e. The molecule has 1 heterocycles. The Balaban J connectivity index is 2.15. The molecule has 2 aromatic rings. The summed E-state index contributed by atoms with van der Waals surface area (Å²) >= 11 is 0. The molecule has 1 atom stereocenters. The van der Waals surface area contributed by atoms with Crippen molar-refractivity contribution in [1.29, 1.82) is 5.26 Å². The molecule has 124 valence electrons. The van der Waals surface area contributed by atoms with Gasteiger partial charge in [-0.15, -0.1) is 0 Å². The van der Waals surface area contributed by atoms with E-state index in [0.717, 1.165) is 5.56 Å². The van der Waals surface area contributed by atoms with E-state index in [4.69, 9.17) is 4.74 Å². The van der Waals surface area contributed by atoms with Crippen LogP contribution in [-0.2, 0) is 11.3 Å². The Morgan fingerprint density at radius 1 is 1.29 bits per heavy atom. The Bertz CT molecular complexity index is 723. The van der Waals surface area contributed by atoms with Crippen LogP contribution < -0.4 is 4.74 Å². The largest absolute Gasteiger partial charge is 0.479 e. The molecule has 0 aliphatic heterocycles. The molecule has 0 fully saturated rings. The van der Waals surface area contributed by atoms with E-state index < -0.39 is 6.10 Å². The second-order valence-corrected chi connectivity index (χ2v) is 5.95. The van der Waals surface area contributed by atoms with Gasteiger partial charge in [0.15, 0.2) is 6.10 Å². The Kier molecular flexibility index (Phi) is 5.91. The molecule has 5 heteroatoms. The maximum absolute atomic E-state index is 12.8. The zero-order valence-electron chi connectivity index (χ0n) is 14.1. The average Bonchev–Trinajstić information content (AvgIpc) is 2.60. The van der Waals surface area contributed by atoms with Crippen molar-refractivity contribution in [2.45, 2.75) is 26.5 Å². The van der Waals surface area contributed by atoms with Crippen molar-refractivity contribution in [3.8, 4) is 11.8 Å². The van der Waals surface area contributed by atoms with Crippen molar-refractivity contribution in [1.82, 2.24) is 9.88 Å². The van der Waals surface area contributed by atoms with Gasteiger partial charge in [0.2, 0.25) is 0 Å². The minimum absolute atomic E-state index is 0.0272. The van der Waals surface area contributed by atoms with Crippen LogP contribution >= 0.6 is 0 Å². The van der Waals surface area contributed by atoms with Crippen molar-refractivity contribution in [2.24, 2.45) is 5.92 Å². The third-order valence-corrected chi connectivity index (χ3v) is 3.63. The SMILES string of the molecule is CC(C)C(Oc1ccccc1C#N)C(=O)N(C)Cc1cccnc1. The number of ether oxygens (including phenoxy) is 1. The third kappa shape index (κ3) is 4.32. The minimum atomic E-state index is -0.652.